The van der Waals surface area contributed by atoms with E-state index < -0.39 is 30.3 Å². The third-order valence-corrected chi connectivity index (χ3v) is 4.84. The topological polar surface area (TPSA) is 96.0 Å². The van der Waals surface area contributed by atoms with Crippen LogP contribution >= 0.6 is 0 Å². The molecule has 1 aromatic rings. The van der Waals surface area contributed by atoms with Gasteiger partial charge in [0.1, 0.15) is 12.6 Å². The van der Waals surface area contributed by atoms with Crippen LogP contribution in [0.1, 0.15) is 41.0 Å². The normalized spacial score (nSPS) is 17.7. The van der Waals surface area contributed by atoms with Crippen LogP contribution in [0, 0.1) is 5.92 Å². The second-order valence-electron chi connectivity index (χ2n) is 7.43. The number of ether oxygens (including phenoxy) is 1. The van der Waals surface area contributed by atoms with Crippen LogP contribution in [0.15, 0.2) is 24.3 Å². The van der Waals surface area contributed by atoms with Gasteiger partial charge in [-0.3, -0.25) is 24.1 Å². The van der Waals surface area contributed by atoms with Crippen molar-refractivity contribution < 1.29 is 23.9 Å². The van der Waals surface area contributed by atoms with E-state index in [0.717, 1.165) is 4.90 Å². The van der Waals surface area contributed by atoms with Crippen molar-refractivity contribution in [2.24, 2.45) is 5.92 Å². The lowest BCUT2D eigenvalue weighted by atomic mass is 10.0. The number of hydrogen-bond acceptors (Lipinski definition) is 5. The van der Waals surface area contributed by atoms with E-state index in [4.69, 9.17) is 4.74 Å². The fraction of sp³-hybridized carbons (Fsp3) is 0.500. The summed E-state index contributed by atoms with van der Waals surface area (Å²) in [7, 11) is 0. The minimum atomic E-state index is -0.694. The number of hydrogen-bond donors (Lipinski definition) is 1. The number of carbonyl (C=O) groups excluding carboxylic acids is 4. The van der Waals surface area contributed by atoms with Crippen molar-refractivity contribution in [3.8, 4) is 0 Å². The molecular weight excluding hydrogens is 362 g/mol. The molecule has 0 radical (unpaired) electrons. The molecule has 8 heteroatoms. The zero-order valence-electron chi connectivity index (χ0n) is 16.1. The standard InChI is InChI=1S/C20H25N3O5/c1-13(2)11-16(20(27)22-7-9-28-10-8-22)21-17(24)12-23-18(25)14-5-3-4-6-15(14)19(23)26/h3-6,13,16H,7-12H2,1-2H3,(H,21,24)/t16-/m1/s1. The fourth-order valence-corrected chi connectivity index (χ4v) is 3.46. The Morgan fingerprint density at radius 3 is 2.18 bits per heavy atom. The monoisotopic (exact) mass is 387 g/mol. The first kappa shape index (κ1) is 20.0. The zero-order valence-corrected chi connectivity index (χ0v) is 16.1. The molecule has 1 atom stereocenters. The van der Waals surface area contributed by atoms with Gasteiger partial charge in [0.2, 0.25) is 11.8 Å². The Morgan fingerprint density at radius 2 is 1.64 bits per heavy atom. The van der Waals surface area contributed by atoms with Crippen molar-refractivity contribution in [3.05, 3.63) is 35.4 Å². The molecule has 2 heterocycles. The van der Waals surface area contributed by atoms with E-state index >= 15 is 0 Å². The Hall–Kier alpha value is -2.74. The van der Waals surface area contributed by atoms with Gasteiger partial charge in [0.25, 0.3) is 11.8 Å². The van der Waals surface area contributed by atoms with Crippen LogP contribution in [0.25, 0.3) is 0 Å². The molecular formula is C20H25N3O5. The molecule has 0 saturated carbocycles. The first-order valence-electron chi connectivity index (χ1n) is 9.49. The number of nitrogens with one attached hydrogen (secondary N) is 1. The van der Waals surface area contributed by atoms with Crippen LogP contribution in [0.2, 0.25) is 0 Å². The summed E-state index contributed by atoms with van der Waals surface area (Å²) in [5.74, 6) is -1.48. The molecule has 2 aliphatic heterocycles. The summed E-state index contributed by atoms with van der Waals surface area (Å²) in [5.41, 5.74) is 0.590. The first-order chi connectivity index (χ1) is 13.4. The predicted molar refractivity (Wildman–Crippen MR) is 101 cm³/mol. The Bertz CT molecular complexity index is 751. The van der Waals surface area contributed by atoms with Gasteiger partial charge >= 0.3 is 0 Å². The lowest BCUT2D eigenvalue weighted by molar-refractivity contribution is -0.140. The maximum absolute atomic E-state index is 12.8. The van der Waals surface area contributed by atoms with Gasteiger partial charge in [-0.2, -0.15) is 0 Å². The quantitative estimate of drug-likeness (QED) is 0.724. The van der Waals surface area contributed by atoms with Gasteiger partial charge in [0, 0.05) is 13.1 Å². The van der Waals surface area contributed by atoms with Gasteiger partial charge in [-0.1, -0.05) is 26.0 Å². The van der Waals surface area contributed by atoms with Crippen LogP contribution in [-0.2, 0) is 14.3 Å². The zero-order chi connectivity index (χ0) is 20.3. The molecule has 1 aromatic carbocycles. The number of benzene rings is 1. The van der Waals surface area contributed by atoms with E-state index in [1.807, 2.05) is 13.8 Å². The Labute approximate surface area is 163 Å². The summed E-state index contributed by atoms with van der Waals surface area (Å²) in [6, 6.07) is 5.79. The molecule has 0 aromatic heterocycles. The molecule has 28 heavy (non-hydrogen) atoms. The van der Waals surface area contributed by atoms with Gasteiger partial charge in [0.05, 0.1) is 24.3 Å². The van der Waals surface area contributed by atoms with Gasteiger partial charge in [-0.15, -0.1) is 0 Å². The number of morpholine rings is 1. The van der Waals surface area contributed by atoms with Crippen molar-refractivity contribution in [1.29, 1.82) is 0 Å². The molecule has 3 rings (SSSR count). The molecule has 2 aliphatic rings. The molecule has 0 spiro atoms. The van der Waals surface area contributed by atoms with Crippen molar-refractivity contribution in [3.63, 3.8) is 0 Å². The summed E-state index contributed by atoms with van der Waals surface area (Å²) >= 11 is 0. The minimum Gasteiger partial charge on any atom is -0.378 e. The molecule has 8 nitrogen and oxygen atoms in total. The molecule has 0 aliphatic carbocycles. The number of rotatable bonds is 6. The number of carbonyl (C=O) groups is 4. The summed E-state index contributed by atoms with van der Waals surface area (Å²) in [6.07, 6.45) is 0.476. The Kier molecular flexibility index (Phi) is 6.08. The van der Waals surface area contributed by atoms with Crippen LogP contribution in [0.3, 0.4) is 0 Å². The lowest BCUT2D eigenvalue weighted by Gasteiger charge is -2.31. The van der Waals surface area contributed by atoms with E-state index in [-0.39, 0.29) is 11.8 Å². The van der Waals surface area contributed by atoms with E-state index in [9.17, 15) is 19.2 Å². The number of fused-ring (bicyclic) bond motifs is 1. The maximum Gasteiger partial charge on any atom is 0.262 e. The molecule has 0 unspecified atom stereocenters. The number of imide groups is 1. The van der Waals surface area contributed by atoms with Gasteiger partial charge < -0.3 is 15.0 Å². The summed E-state index contributed by atoms with van der Waals surface area (Å²) in [5, 5.41) is 2.72. The molecule has 1 fully saturated rings. The van der Waals surface area contributed by atoms with Crippen molar-refractivity contribution in [2.75, 3.05) is 32.8 Å². The second-order valence-corrected chi connectivity index (χ2v) is 7.43. The highest BCUT2D eigenvalue weighted by Gasteiger charge is 2.37. The van der Waals surface area contributed by atoms with Gasteiger partial charge in [-0.05, 0) is 24.5 Å². The summed E-state index contributed by atoms with van der Waals surface area (Å²) < 4.78 is 5.27. The SMILES string of the molecule is CC(C)C[C@@H](NC(=O)CN1C(=O)c2ccccc2C1=O)C(=O)N1CCOCC1. The highest BCUT2D eigenvalue weighted by atomic mass is 16.5. The average Bonchev–Trinajstić information content (AvgIpc) is 2.92. The van der Waals surface area contributed by atoms with E-state index in [0.29, 0.717) is 43.9 Å². The maximum atomic E-state index is 12.8. The highest BCUT2D eigenvalue weighted by Crippen LogP contribution is 2.22. The van der Waals surface area contributed by atoms with E-state index in [2.05, 4.69) is 5.32 Å². The third-order valence-electron chi connectivity index (χ3n) is 4.84. The lowest BCUT2D eigenvalue weighted by Crippen LogP contribution is -2.53. The minimum absolute atomic E-state index is 0.160. The fourth-order valence-electron chi connectivity index (χ4n) is 3.46. The summed E-state index contributed by atoms with van der Waals surface area (Å²) in [6.45, 7) is 5.46. The number of amides is 4. The molecule has 0 bridgehead atoms. The molecule has 4 amide bonds. The predicted octanol–water partition coefficient (Wildman–Crippen LogP) is 0.672. The van der Waals surface area contributed by atoms with Gasteiger partial charge in [0.15, 0.2) is 0 Å². The molecule has 150 valence electrons. The van der Waals surface area contributed by atoms with Crippen molar-refractivity contribution in [1.82, 2.24) is 15.1 Å². The average molecular weight is 387 g/mol. The third kappa shape index (κ3) is 4.22. The van der Waals surface area contributed by atoms with Crippen LogP contribution < -0.4 is 5.32 Å². The largest absolute Gasteiger partial charge is 0.378 e. The van der Waals surface area contributed by atoms with E-state index in [1.165, 1.54) is 0 Å². The summed E-state index contributed by atoms with van der Waals surface area (Å²) in [4.78, 5) is 52.8. The second kappa shape index (κ2) is 8.52. The van der Waals surface area contributed by atoms with Crippen LogP contribution in [0.4, 0.5) is 0 Å². The Morgan fingerprint density at radius 1 is 1.07 bits per heavy atom. The molecule has 1 N–H and O–H groups in total. The number of nitrogens with zero attached hydrogens (tertiary/aromatic N) is 2. The van der Waals surface area contributed by atoms with Crippen molar-refractivity contribution >= 4 is 23.6 Å². The van der Waals surface area contributed by atoms with Crippen LogP contribution in [0.5, 0.6) is 0 Å². The molecule has 1 saturated heterocycles. The van der Waals surface area contributed by atoms with Crippen LogP contribution in [-0.4, -0.2) is 72.3 Å². The van der Waals surface area contributed by atoms with Gasteiger partial charge in [-0.25, -0.2) is 0 Å². The highest BCUT2D eigenvalue weighted by molar-refractivity contribution is 6.22. The smallest absolute Gasteiger partial charge is 0.262 e. The van der Waals surface area contributed by atoms with E-state index in [1.54, 1.807) is 29.2 Å². The first-order valence-corrected chi connectivity index (χ1v) is 9.49. The Balaban J connectivity index is 1.66. The van der Waals surface area contributed by atoms with Crippen molar-refractivity contribution in [2.45, 2.75) is 26.3 Å².